The quantitative estimate of drug-likeness (QED) is 0.511. The predicted octanol–water partition coefficient (Wildman–Crippen LogP) is 3.84. The molecule has 154 valence electrons. The Morgan fingerprint density at radius 3 is 2.90 bits per heavy atom. The second-order valence-corrected chi connectivity index (χ2v) is 7.59. The van der Waals surface area contributed by atoms with Crippen LogP contribution in [0.2, 0.25) is 0 Å². The number of hydrogen-bond donors (Lipinski definition) is 2. The first-order valence-corrected chi connectivity index (χ1v) is 10.7. The molecule has 0 amide bonds. The largest absolute Gasteiger partial charge is 0.497 e. The van der Waals surface area contributed by atoms with Crippen LogP contribution < -0.4 is 14.8 Å². The number of H-pyrrole nitrogens is 1. The zero-order valence-corrected chi connectivity index (χ0v) is 17.2. The van der Waals surface area contributed by atoms with Crippen LogP contribution in [0.3, 0.4) is 0 Å². The molecule has 0 radical (unpaired) electrons. The maximum atomic E-state index is 5.79. The Labute approximate surface area is 172 Å². The second kappa shape index (κ2) is 9.74. The average Bonchev–Trinajstić information content (AvgIpc) is 3.17. The topological polar surface area (TPSA) is 72.1 Å². The summed E-state index contributed by atoms with van der Waals surface area (Å²) in [6.45, 7) is 2.64. The third-order valence-corrected chi connectivity index (χ3v) is 5.53. The lowest BCUT2D eigenvalue weighted by molar-refractivity contribution is 0.291. The van der Waals surface area contributed by atoms with Crippen LogP contribution in [0.1, 0.15) is 42.6 Å². The van der Waals surface area contributed by atoms with Crippen molar-refractivity contribution in [2.24, 2.45) is 0 Å². The van der Waals surface area contributed by atoms with Gasteiger partial charge < -0.3 is 19.8 Å². The van der Waals surface area contributed by atoms with E-state index in [9.17, 15) is 0 Å². The van der Waals surface area contributed by atoms with Crippen LogP contribution in [0.4, 0.5) is 0 Å². The molecule has 1 aromatic carbocycles. The maximum absolute atomic E-state index is 5.79. The van der Waals surface area contributed by atoms with Crippen molar-refractivity contribution in [3.05, 3.63) is 47.5 Å². The third kappa shape index (κ3) is 5.07. The van der Waals surface area contributed by atoms with Gasteiger partial charge in [-0.2, -0.15) is 0 Å². The molecule has 0 aliphatic heterocycles. The minimum atomic E-state index is 0.674. The van der Waals surface area contributed by atoms with Crippen molar-refractivity contribution >= 4 is 10.9 Å². The third-order valence-electron chi connectivity index (χ3n) is 5.53. The smallest absolute Gasteiger partial charge is 0.232 e. The lowest BCUT2D eigenvalue weighted by atomic mass is 10.0. The van der Waals surface area contributed by atoms with Crippen molar-refractivity contribution in [3.8, 4) is 11.6 Å². The minimum Gasteiger partial charge on any atom is -0.497 e. The summed E-state index contributed by atoms with van der Waals surface area (Å²) in [4.78, 5) is 12.5. The summed E-state index contributed by atoms with van der Waals surface area (Å²) in [5, 5.41) is 4.77. The predicted molar refractivity (Wildman–Crippen MR) is 115 cm³/mol. The zero-order valence-electron chi connectivity index (χ0n) is 17.2. The van der Waals surface area contributed by atoms with Crippen LogP contribution in [0, 0.1) is 0 Å². The number of unbranched alkanes of at least 4 members (excludes halogenated alkanes) is 1. The fraction of sp³-hybridized carbons (Fsp3) is 0.478. The fourth-order valence-corrected chi connectivity index (χ4v) is 3.87. The molecule has 1 aliphatic carbocycles. The highest BCUT2D eigenvalue weighted by atomic mass is 16.5. The van der Waals surface area contributed by atoms with Gasteiger partial charge in [0.1, 0.15) is 5.75 Å². The van der Waals surface area contributed by atoms with Gasteiger partial charge in [-0.15, -0.1) is 0 Å². The lowest BCUT2D eigenvalue weighted by Crippen LogP contribution is -2.19. The normalized spacial score (nSPS) is 13.4. The van der Waals surface area contributed by atoms with E-state index in [2.05, 4.69) is 38.6 Å². The number of ether oxygens (including phenoxy) is 2. The molecule has 0 atom stereocenters. The summed E-state index contributed by atoms with van der Waals surface area (Å²) >= 11 is 0. The van der Waals surface area contributed by atoms with Gasteiger partial charge in [-0.25, -0.2) is 4.98 Å². The van der Waals surface area contributed by atoms with Crippen LogP contribution in [-0.4, -0.2) is 41.8 Å². The molecular weight excluding hydrogens is 364 g/mol. The van der Waals surface area contributed by atoms with Gasteiger partial charge in [0.05, 0.1) is 31.3 Å². The molecule has 0 saturated heterocycles. The second-order valence-electron chi connectivity index (χ2n) is 7.59. The number of nitrogens with zero attached hydrogens (tertiary/aromatic N) is 2. The molecule has 4 rings (SSSR count). The van der Waals surface area contributed by atoms with E-state index in [0.717, 1.165) is 67.8 Å². The van der Waals surface area contributed by atoms with Crippen molar-refractivity contribution in [1.29, 1.82) is 0 Å². The van der Waals surface area contributed by atoms with E-state index in [0.29, 0.717) is 12.5 Å². The molecule has 0 unspecified atom stereocenters. The van der Waals surface area contributed by atoms with Crippen molar-refractivity contribution < 1.29 is 9.47 Å². The first-order chi connectivity index (χ1) is 14.3. The summed E-state index contributed by atoms with van der Waals surface area (Å²) in [7, 11) is 1.71. The Bertz CT molecular complexity index is 938. The summed E-state index contributed by atoms with van der Waals surface area (Å²) in [6, 6.07) is 6.15. The van der Waals surface area contributed by atoms with E-state index >= 15 is 0 Å². The molecule has 0 saturated carbocycles. The number of rotatable bonds is 10. The number of benzene rings is 1. The van der Waals surface area contributed by atoms with Crippen molar-refractivity contribution in [2.45, 2.75) is 44.9 Å². The Kier molecular flexibility index (Phi) is 6.62. The Morgan fingerprint density at radius 1 is 1.10 bits per heavy atom. The van der Waals surface area contributed by atoms with Crippen LogP contribution >= 0.6 is 0 Å². The van der Waals surface area contributed by atoms with Gasteiger partial charge in [0.25, 0.3) is 0 Å². The highest BCUT2D eigenvalue weighted by Gasteiger charge is 2.12. The summed E-state index contributed by atoms with van der Waals surface area (Å²) in [6.07, 6.45) is 11.5. The number of nitrogens with one attached hydrogen (secondary N) is 2. The van der Waals surface area contributed by atoms with E-state index in [1.54, 1.807) is 13.3 Å². The van der Waals surface area contributed by atoms with Gasteiger partial charge in [-0.3, -0.25) is 4.98 Å². The van der Waals surface area contributed by atoms with E-state index in [4.69, 9.17) is 9.47 Å². The van der Waals surface area contributed by atoms with Crippen LogP contribution in [0.25, 0.3) is 10.9 Å². The highest BCUT2D eigenvalue weighted by Crippen LogP contribution is 2.24. The molecule has 1 aliphatic rings. The first kappa shape index (κ1) is 19.7. The summed E-state index contributed by atoms with van der Waals surface area (Å²) in [5.74, 6) is 1.57. The molecule has 2 aromatic heterocycles. The van der Waals surface area contributed by atoms with Gasteiger partial charge in [-0.1, -0.05) is 0 Å². The highest BCUT2D eigenvalue weighted by molar-refractivity contribution is 5.84. The van der Waals surface area contributed by atoms with Crippen molar-refractivity contribution in [2.75, 3.05) is 26.8 Å². The number of hydrogen-bond acceptors (Lipinski definition) is 5. The number of aromatic nitrogens is 3. The minimum absolute atomic E-state index is 0.674. The molecule has 2 N–H and O–H groups in total. The summed E-state index contributed by atoms with van der Waals surface area (Å²) in [5.41, 5.74) is 4.76. The number of fused-ring (bicyclic) bond motifs is 2. The van der Waals surface area contributed by atoms with Crippen LogP contribution in [0.5, 0.6) is 11.6 Å². The fourth-order valence-electron chi connectivity index (χ4n) is 3.87. The monoisotopic (exact) mass is 394 g/mol. The number of methoxy groups -OCH3 is 1. The molecule has 0 bridgehead atoms. The molecule has 0 fully saturated rings. The standard InChI is InChI=1S/C23H30N4O2/c1-28-18-8-9-20-19(14-18)17(15-25-20)10-12-24-11-4-5-13-29-23-16-26-21-6-2-3-7-22(21)27-23/h8-9,14-16,24-25H,2-7,10-13H2,1H3. The van der Waals surface area contributed by atoms with E-state index < -0.39 is 0 Å². The molecule has 29 heavy (non-hydrogen) atoms. The van der Waals surface area contributed by atoms with Gasteiger partial charge in [-0.05, 0) is 81.8 Å². The lowest BCUT2D eigenvalue weighted by Gasteiger charge is -2.14. The van der Waals surface area contributed by atoms with Gasteiger partial charge >= 0.3 is 0 Å². The van der Waals surface area contributed by atoms with E-state index in [-0.39, 0.29) is 0 Å². The van der Waals surface area contributed by atoms with Crippen LogP contribution in [0.15, 0.2) is 30.6 Å². The maximum Gasteiger partial charge on any atom is 0.232 e. The SMILES string of the molecule is COc1ccc2[nH]cc(CCNCCCCOc3cnc4c(n3)CCCC4)c2c1. The van der Waals surface area contributed by atoms with E-state index in [1.807, 2.05) is 6.07 Å². The van der Waals surface area contributed by atoms with Gasteiger partial charge in [0.2, 0.25) is 5.88 Å². The van der Waals surface area contributed by atoms with E-state index in [1.165, 1.54) is 23.8 Å². The van der Waals surface area contributed by atoms with Gasteiger partial charge in [0, 0.05) is 17.1 Å². The summed E-state index contributed by atoms with van der Waals surface area (Å²) < 4.78 is 11.1. The Balaban J connectivity index is 1.12. The zero-order chi connectivity index (χ0) is 19.9. The van der Waals surface area contributed by atoms with Gasteiger partial charge in [0.15, 0.2) is 0 Å². The Hall–Kier alpha value is -2.60. The molecule has 2 heterocycles. The number of aromatic amines is 1. The number of aryl methyl sites for hydroxylation is 2. The molecule has 3 aromatic rings. The van der Waals surface area contributed by atoms with Crippen molar-refractivity contribution in [1.82, 2.24) is 20.3 Å². The molecular formula is C23H30N4O2. The molecule has 0 spiro atoms. The molecule has 6 nitrogen and oxygen atoms in total. The Morgan fingerprint density at radius 2 is 2.00 bits per heavy atom. The van der Waals surface area contributed by atoms with Crippen molar-refractivity contribution in [3.63, 3.8) is 0 Å². The average molecular weight is 395 g/mol. The van der Waals surface area contributed by atoms with Crippen LogP contribution in [-0.2, 0) is 19.3 Å². The molecule has 6 heteroatoms. The first-order valence-electron chi connectivity index (χ1n) is 10.7.